The predicted octanol–water partition coefficient (Wildman–Crippen LogP) is 0.668. The van der Waals surface area contributed by atoms with Crippen LogP contribution in [0, 0.1) is 5.41 Å². The fourth-order valence-corrected chi connectivity index (χ4v) is 2.22. The molecular formula is C14H28N2O3. The van der Waals surface area contributed by atoms with Crippen LogP contribution in [0.25, 0.3) is 0 Å². The highest BCUT2D eigenvalue weighted by atomic mass is 16.5. The van der Waals surface area contributed by atoms with Gasteiger partial charge in [-0.25, -0.2) is 0 Å². The number of carbonyl (C=O) groups excluding carboxylic acids is 1. The standard InChI is InChI=1S/C14H28N2O3/c1-14(2,3)8-11(17)9-16-13(18)10-19-12-4-6-15-7-5-12/h11-12,15,17H,4-10H2,1-3H3,(H,16,18). The first kappa shape index (κ1) is 16.4. The minimum absolute atomic E-state index is 0.0652. The van der Waals surface area contributed by atoms with Gasteiger partial charge in [0.15, 0.2) is 0 Å². The summed E-state index contributed by atoms with van der Waals surface area (Å²) >= 11 is 0. The number of nitrogens with one attached hydrogen (secondary N) is 2. The lowest BCUT2D eigenvalue weighted by Gasteiger charge is -2.24. The van der Waals surface area contributed by atoms with Crippen LogP contribution in [0.3, 0.4) is 0 Å². The largest absolute Gasteiger partial charge is 0.391 e. The molecule has 1 heterocycles. The van der Waals surface area contributed by atoms with E-state index in [1.807, 2.05) is 0 Å². The third-order valence-electron chi connectivity index (χ3n) is 3.12. The first-order chi connectivity index (χ1) is 8.87. The lowest BCUT2D eigenvalue weighted by atomic mass is 9.89. The molecule has 0 aliphatic carbocycles. The second kappa shape index (κ2) is 7.82. The van der Waals surface area contributed by atoms with E-state index in [2.05, 4.69) is 31.4 Å². The third-order valence-corrected chi connectivity index (χ3v) is 3.12. The quantitative estimate of drug-likeness (QED) is 0.664. The molecule has 5 nitrogen and oxygen atoms in total. The van der Waals surface area contributed by atoms with Crippen LogP contribution < -0.4 is 10.6 Å². The van der Waals surface area contributed by atoms with Crippen LogP contribution in [0.15, 0.2) is 0 Å². The molecule has 5 heteroatoms. The molecule has 0 spiro atoms. The summed E-state index contributed by atoms with van der Waals surface area (Å²) in [4.78, 5) is 11.6. The van der Waals surface area contributed by atoms with Crippen molar-refractivity contribution in [3.8, 4) is 0 Å². The maximum Gasteiger partial charge on any atom is 0.246 e. The Labute approximate surface area is 116 Å². The van der Waals surface area contributed by atoms with Gasteiger partial charge in [0.1, 0.15) is 6.61 Å². The number of carbonyl (C=O) groups is 1. The van der Waals surface area contributed by atoms with Gasteiger partial charge in [0.25, 0.3) is 0 Å². The van der Waals surface area contributed by atoms with Gasteiger partial charge in [-0.2, -0.15) is 0 Å². The van der Waals surface area contributed by atoms with Crippen molar-refractivity contribution in [1.82, 2.24) is 10.6 Å². The highest BCUT2D eigenvalue weighted by molar-refractivity contribution is 5.77. The van der Waals surface area contributed by atoms with Gasteiger partial charge in [0.2, 0.25) is 5.91 Å². The summed E-state index contributed by atoms with van der Waals surface area (Å²) in [6, 6.07) is 0. The van der Waals surface area contributed by atoms with Gasteiger partial charge in [0, 0.05) is 6.54 Å². The van der Waals surface area contributed by atoms with Crippen molar-refractivity contribution < 1.29 is 14.6 Å². The van der Waals surface area contributed by atoms with Crippen LogP contribution in [-0.4, -0.2) is 49.5 Å². The summed E-state index contributed by atoms with van der Waals surface area (Å²) in [6.45, 7) is 8.50. The van der Waals surface area contributed by atoms with E-state index in [4.69, 9.17) is 4.74 Å². The van der Waals surface area contributed by atoms with Gasteiger partial charge in [-0.15, -0.1) is 0 Å². The Morgan fingerprint density at radius 1 is 1.42 bits per heavy atom. The van der Waals surface area contributed by atoms with Crippen LogP contribution in [0.5, 0.6) is 0 Å². The summed E-state index contributed by atoms with van der Waals surface area (Å²) in [5, 5.41) is 15.8. The Morgan fingerprint density at radius 3 is 2.63 bits per heavy atom. The molecule has 1 fully saturated rings. The Hall–Kier alpha value is -0.650. The number of amides is 1. The van der Waals surface area contributed by atoms with Crippen molar-refractivity contribution in [3.63, 3.8) is 0 Å². The van der Waals surface area contributed by atoms with Crippen LogP contribution in [-0.2, 0) is 9.53 Å². The highest BCUT2D eigenvalue weighted by Gasteiger charge is 2.18. The zero-order valence-corrected chi connectivity index (χ0v) is 12.4. The van der Waals surface area contributed by atoms with Crippen LogP contribution in [0.2, 0.25) is 0 Å². The number of hydrogen-bond acceptors (Lipinski definition) is 4. The van der Waals surface area contributed by atoms with Crippen molar-refractivity contribution in [1.29, 1.82) is 0 Å². The summed E-state index contributed by atoms with van der Waals surface area (Å²) < 4.78 is 5.54. The van der Waals surface area contributed by atoms with Crippen LogP contribution in [0.4, 0.5) is 0 Å². The maximum absolute atomic E-state index is 11.6. The van der Waals surface area contributed by atoms with Crippen LogP contribution in [0.1, 0.15) is 40.0 Å². The Morgan fingerprint density at radius 2 is 2.05 bits per heavy atom. The molecule has 1 aliphatic heterocycles. The lowest BCUT2D eigenvalue weighted by molar-refractivity contribution is -0.128. The monoisotopic (exact) mass is 272 g/mol. The number of hydrogen-bond donors (Lipinski definition) is 3. The molecular weight excluding hydrogens is 244 g/mol. The van der Waals surface area contributed by atoms with E-state index in [0.717, 1.165) is 25.9 Å². The molecule has 19 heavy (non-hydrogen) atoms. The molecule has 1 amide bonds. The summed E-state index contributed by atoms with van der Waals surface area (Å²) in [5.74, 6) is -0.147. The maximum atomic E-state index is 11.6. The molecule has 0 bridgehead atoms. The van der Waals surface area contributed by atoms with Crippen molar-refractivity contribution in [3.05, 3.63) is 0 Å². The Bertz CT molecular complexity index is 270. The second-order valence-corrected chi connectivity index (χ2v) is 6.48. The minimum Gasteiger partial charge on any atom is -0.391 e. The van der Waals surface area contributed by atoms with E-state index in [0.29, 0.717) is 13.0 Å². The van der Waals surface area contributed by atoms with Gasteiger partial charge in [-0.3, -0.25) is 4.79 Å². The van der Waals surface area contributed by atoms with E-state index in [9.17, 15) is 9.90 Å². The summed E-state index contributed by atoms with van der Waals surface area (Å²) in [6.07, 6.45) is 2.27. The van der Waals surface area contributed by atoms with Gasteiger partial charge in [0.05, 0.1) is 12.2 Å². The second-order valence-electron chi connectivity index (χ2n) is 6.48. The molecule has 1 rings (SSSR count). The zero-order chi connectivity index (χ0) is 14.3. The molecule has 1 atom stereocenters. The molecule has 3 N–H and O–H groups in total. The fraction of sp³-hybridized carbons (Fsp3) is 0.929. The molecule has 1 aliphatic rings. The molecule has 0 aromatic rings. The first-order valence-corrected chi connectivity index (χ1v) is 7.14. The smallest absolute Gasteiger partial charge is 0.246 e. The van der Waals surface area contributed by atoms with Crippen molar-refractivity contribution in [2.45, 2.75) is 52.2 Å². The predicted molar refractivity (Wildman–Crippen MR) is 74.9 cm³/mol. The number of rotatable bonds is 6. The van der Waals surface area contributed by atoms with Gasteiger partial charge in [-0.05, 0) is 37.8 Å². The van der Waals surface area contributed by atoms with E-state index in [1.54, 1.807) is 0 Å². The third kappa shape index (κ3) is 8.18. The van der Waals surface area contributed by atoms with E-state index < -0.39 is 6.10 Å². The Kier molecular flexibility index (Phi) is 6.75. The highest BCUT2D eigenvalue weighted by Crippen LogP contribution is 2.20. The topological polar surface area (TPSA) is 70.6 Å². The van der Waals surface area contributed by atoms with Crippen molar-refractivity contribution >= 4 is 5.91 Å². The molecule has 0 aromatic heterocycles. The van der Waals surface area contributed by atoms with Gasteiger partial charge in [-0.1, -0.05) is 20.8 Å². The summed E-state index contributed by atoms with van der Waals surface area (Å²) in [7, 11) is 0. The lowest BCUT2D eigenvalue weighted by Crippen LogP contribution is -2.38. The van der Waals surface area contributed by atoms with E-state index in [1.165, 1.54) is 0 Å². The average molecular weight is 272 g/mol. The number of aliphatic hydroxyl groups excluding tert-OH is 1. The first-order valence-electron chi connectivity index (χ1n) is 7.14. The van der Waals surface area contributed by atoms with Crippen molar-refractivity contribution in [2.75, 3.05) is 26.2 Å². The number of ether oxygens (including phenoxy) is 1. The molecule has 1 unspecified atom stereocenters. The van der Waals surface area contributed by atoms with Gasteiger partial charge >= 0.3 is 0 Å². The number of aliphatic hydroxyl groups is 1. The average Bonchev–Trinajstić information content (AvgIpc) is 2.33. The van der Waals surface area contributed by atoms with Crippen molar-refractivity contribution in [2.24, 2.45) is 5.41 Å². The fourth-order valence-electron chi connectivity index (χ4n) is 2.22. The van der Waals surface area contributed by atoms with E-state index in [-0.39, 0.29) is 24.0 Å². The zero-order valence-electron chi connectivity index (χ0n) is 12.4. The van der Waals surface area contributed by atoms with E-state index >= 15 is 0 Å². The molecule has 1 saturated heterocycles. The molecule has 0 saturated carbocycles. The Balaban J connectivity index is 2.10. The molecule has 112 valence electrons. The normalized spacial score (nSPS) is 19.2. The molecule has 0 radical (unpaired) electrons. The number of piperidine rings is 1. The SMILES string of the molecule is CC(C)(C)CC(O)CNC(=O)COC1CCNCC1. The molecule has 0 aromatic carbocycles. The van der Waals surface area contributed by atoms with Crippen LogP contribution >= 0.6 is 0 Å². The summed E-state index contributed by atoms with van der Waals surface area (Å²) in [5.41, 5.74) is 0.0652. The van der Waals surface area contributed by atoms with Gasteiger partial charge < -0.3 is 20.5 Å². The minimum atomic E-state index is -0.497.